The van der Waals surface area contributed by atoms with Gasteiger partial charge in [0.05, 0.1) is 12.1 Å². The zero-order chi connectivity index (χ0) is 22.9. The van der Waals surface area contributed by atoms with Crippen LogP contribution in [0, 0.1) is 0 Å². The minimum absolute atomic E-state index is 0.292. The minimum atomic E-state index is -0.779. The van der Waals surface area contributed by atoms with E-state index in [1.54, 1.807) is 12.1 Å². The van der Waals surface area contributed by atoms with E-state index < -0.39 is 23.9 Å². The van der Waals surface area contributed by atoms with Gasteiger partial charge in [0.1, 0.15) is 23.6 Å². The summed E-state index contributed by atoms with van der Waals surface area (Å²) in [5.74, 6) is 0.599. The van der Waals surface area contributed by atoms with Crippen LogP contribution in [0.4, 0.5) is 4.79 Å². The summed E-state index contributed by atoms with van der Waals surface area (Å²) in [6, 6.07) is 14.9. The fourth-order valence-corrected chi connectivity index (χ4v) is 4.85. The zero-order valence-electron chi connectivity index (χ0n) is 18.8. The molecule has 0 radical (unpaired) electrons. The summed E-state index contributed by atoms with van der Waals surface area (Å²) in [7, 11) is 0. The maximum atomic E-state index is 12.6. The molecule has 1 amide bonds. The Hall–Kier alpha value is -2.28. The number of rotatable bonds is 4. The maximum absolute atomic E-state index is 12.6. The lowest BCUT2D eigenvalue weighted by atomic mass is 9.97. The Bertz CT molecular complexity index is 961. The summed E-state index contributed by atoms with van der Waals surface area (Å²) in [6.45, 7) is 7.02. The number of benzene rings is 2. The maximum Gasteiger partial charge on any atom is 0.407 e. The largest absolute Gasteiger partial charge is 0.488 e. The highest BCUT2D eigenvalue weighted by Crippen LogP contribution is 2.33. The van der Waals surface area contributed by atoms with Gasteiger partial charge >= 0.3 is 6.09 Å². The number of alkyl carbamates (subject to hydrolysis) is 1. The molecule has 2 N–H and O–H groups in total. The molecular formula is C25H31ClN2O4. The number of halogens is 1. The molecule has 0 unspecified atom stereocenters. The highest BCUT2D eigenvalue weighted by Gasteiger charge is 2.48. The molecule has 7 heteroatoms. The van der Waals surface area contributed by atoms with Crippen LogP contribution < -0.4 is 10.1 Å². The van der Waals surface area contributed by atoms with Crippen molar-refractivity contribution in [3.63, 3.8) is 0 Å². The van der Waals surface area contributed by atoms with Crippen molar-refractivity contribution in [2.75, 3.05) is 6.54 Å². The molecule has 1 fully saturated rings. The molecule has 0 saturated heterocycles. The summed E-state index contributed by atoms with van der Waals surface area (Å²) >= 11 is 6.10. The third-order valence-electron chi connectivity index (χ3n) is 6.00. The van der Waals surface area contributed by atoms with Crippen LogP contribution in [0.3, 0.4) is 0 Å². The van der Waals surface area contributed by atoms with E-state index in [1.807, 2.05) is 39.0 Å². The molecular weight excluding hydrogens is 428 g/mol. The molecule has 1 aliphatic carbocycles. The average Bonchev–Trinajstić information content (AvgIpc) is 3.00. The highest BCUT2D eigenvalue weighted by atomic mass is 35.5. The van der Waals surface area contributed by atoms with Crippen molar-refractivity contribution in [1.82, 2.24) is 10.2 Å². The molecule has 2 aliphatic rings. The Morgan fingerprint density at radius 3 is 2.62 bits per heavy atom. The van der Waals surface area contributed by atoms with Gasteiger partial charge in [-0.3, -0.25) is 4.90 Å². The molecule has 32 heavy (non-hydrogen) atoms. The van der Waals surface area contributed by atoms with Gasteiger partial charge in [0.2, 0.25) is 0 Å². The van der Waals surface area contributed by atoms with Gasteiger partial charge in [0.25, 0.3) is 0 Å². The average molecular weight is 459 g/mol. The second-order valence-electron chi connectivity index (χ2n) is 9.57. The molecule has 1 heterocycles. The van der Waals surface area contributed by atoms with Crippen LogP contribution in [0.5, 0.6) is 5.75 Å². The van der Waals surface area contributed by atoms with E-state index in [1.165, 1.54) is 11.1 Å². The molecule has 0 spiro atoms. The van der Waals surface area contributed by atoms with Crippen LogP contribution in [0.1, 0.15) is 38.3 Å². The molecule has 0 bridgehead atoms. The second kappa shape index (κ2) is 9.30. The second-order valence-corrected chi connectivity index (χ2v) is 10.0. The van der Waals surface area contributed by atoms with E-state index in [2.05, 4.69) is 28.4 Å². The van der Waals surface area contributed by atoms with Crippen LogP contribution in [0.15, 0.2) is 48.5 Å². The normalized spacial score (nSPS) is 25.8. The van der Waals surface area contributed by atoms with Crippen LogP contribution in [-0.2, 0) is 17.7 Å². The number of hydrogen-bond donors (Lipinski definition) is 2. The molecule has 1 aliphatic heterocycles. The Morgan fingerprint density at radius 1 is 1.16 bits per heavy atom. The number of carbonyl (C=O) groups excluding carboxylic acids is 1. The Balaban J connectivity index is 1.54. The van der Waals surface area contributed by atoms with Crippen molar-refractivity contribution in [3.8, 4) is 5.75 Å². The topological polar surface area (TPSA) is 71.0 Å². The smallest absolute Gasteiger partial charge is 0.407 e. The Labute approximate surface area is 194 Å². The SMILES string of the molecule is CC(C)(C)OC(=O)N[C@@H]1C[C@@H](Oc2cccc(Cl)c2)[C@H](O)[C@H]1N1CCc2ccccc2C1. The number of aliphatic hydroxyl groups is 1. The summed E-state index contributed by atoms with van der Waals surface area (Å²) in [5.41, 5.74) is 1.98. The van der Waals surface area contributed by atoms with Crippen molar-refractivity contribution in [2.24, 2.45) is 0 Å². The summed E-state index contributed by atoms with van der Waals surface area (Å²) in [4.78, 5) is 14.8. The first-order valence-electron chi connectivity index (χ1n) is 11.1. The predicted octanol–water partition coefficient (Wildman–Crippen LogP) is 4.17. The van der Waals surface area contributed by atoms with E-state index in [4.69, 9.17) is 21.1 Å². The van der Waals surface area contributed by atoms with Gasteiger partial charge in [0.15, 0.2) is 0 Å². The fourth-order valence-electron chi connectivity index (χ4n) is 4.67. The molecule has 4 atom stereocenters. The predicted molar refractivity (Wildman–Crippen MR) is 124 cm³/mol. The minimum Gasteiger partial charge on any atom is -0.488 e. The molecule has 172 valence electrons. The van der Waals surface area contributed by atoms with Gasteiger partial charge < -0.3 is 19.9 Å². The van der Waals surface area contributed by atoms with Crippen molar-refractivity contribution in [1.29, 1.82) is 0 Å². The molecule has 2 aromatic rings. The standard InChI is InChI=1S/C25H31ClN2O4/c1-25(2,3)32-24(30)27-20-14-21(31-19-10-6-9-18(26)13-19)23(29)22(20)28-12-11-16-7-4-5-8-17(16)15-28/h4-10,13,20-23,29H,11-12,14-15H2,1-3H3,(H,27,30)/t20-,21-,22+,23+/m1/s1. The lowest BCUT2D eigenvalue weighted by Gasteiger charge is -2.38. The van der Waals surface area contributed by atoms with Crippen molar-refractivity contribution in [3.05, 3.63) is 64.7 Å². The number of hydrogen-bond acceptors (Lipinski definition) is 5. The van der Waals surface area contributed by atoms with E-state index in [0.29, 0.717) is 23.7 Å². The molecule has 4 rings (SSSR count). The van der Waals surface area contributed by atoms with Crippen LogP contribution >= 0.6 is 11.6 Å². The van der Waals surface area contributed by atoms with E-state index >= 15 is 0 Å². The van der Waals surface area contributed by atoms with Crippen molar-refractivity contribution in [2.45, 2.75) is 70.1 Å². The number of aliphatic hydroxyl groups excluding tert-OH is 1. The van der Waals surface area contributed by atoms with Crippen LogP contribution in [-0.4, -0.2) is 52.5 Å². The van der Waals surface area contributed by atoms with Gasteiger partial charge in [-0.2, -0.15) is 0 Å². The zero-order valence-corrected chi connectivity index (χ0v) is 19.5. The monoisotopic (exact) mass is 458 g/mol. The van der Waals surface area contributed by atoms with Gasteiger partial charge in [-0.1, -0.05) is 41.9 Å². The first kappa shape index (κ1) is 22.9. The number of amides is 1. The van der Waals surface area contributed by atoms with Gasteiger partial charge in [-0.15, -0.1) is 0 Å². The number of carbonyl (C=O) groups is 1. The number of nitrogens with one attached hydrogen (secondary N) is 1. The number of nitrogens with zero attached hydrogens (tertiary/aromatic N) is 1. The number of fused-ring (bicyclic) bond motifs is 1. The summed E-state index contributed by atoms with van der Waals surface area (Å²) in [5, 5.41) is 14.9. The molecule has 6 nitrogen and oxygen atoms in total. The first-order valence-corrected chi connectivity index (χ1v) is 11.5. The van der Waals surface area contributed by atoms with Gasteiger partial charge in [0, 0.05) is 24.5 Å². The van der Waals surface area contributed by atoms with Gasteiger partial charge in [-0.05, 0) is 56.5 Å². The summed E-state index contributed by atoms with van der Waals surface area (Å²) in [6.07, 6.45) is -0.371. The quantitative estimate of drug-likeness (QED) is 0.719. The highest BCUT2D eigenvalue weighted by molar-refractivity contribution is 6.30. The third kappa shape index (κ3) is 5.37. The summed E-state index contributed by atoms with van der Waals surface area (Å²) < 4.78 is 11.6. The fraction of sp³-hybridized carbons (Fsp3) is 0.480. The molecule has 0 aromatic heterocycles. The van der Waals surface area contributed by atoms with E-state index in [9.17, 15) is 9.90 Å². The van der Waals surface area contributed by atoms with Crippen molar-refractivity contribution >= 4 is 17.7 Å². The van der Waals surface area contributed by atoms with Gasteiger partial charge in [-0.25, -0.2) is 4.79 Å². The Kier molecular flexibility index (Phi) is 6.65. The third-order valence-corrected chi connectivity index (χ3v) is 6.23. The number of ether oxygens (including phenoxy) is 2. The van der Waals surface area contributed by atoms with Crippen LogP contribution in [0.2, 0.25) is 5.02 Å². The Morgan fingerprint density at radius 2 is 1.91 bits per heavy atom. The molecule has 2 aromatic carbocycles. The van der Waals surface area contributed by atoms with Crippen molar-refractivity contribution < 1.29 is 19.4 Å². The van der Waals surface area contributed by atoms with Crippen LogP contribution in [0.25, 0.3) is 0 Å². The van der Waals surface area contributed by atoms with E-state index in [-0.39, 0.29) is 12.1 Å². The molecule has 1 saturated carbocycles. The lowest BCUT2D eigenvalue weighted by Crippen LogP contribution is -2.55. The first-order chi connectivity index (χ1) is 15.2. The lowest BCUT2D eigenvalue weighted by molar-refractivity contribution is 0.00103. The van der Waals surface area contributed by atoms with E-state index in [0.717, 1.165) is 13.0 Å².